The van der Waals surface area contributed by atoms with Crippen LogP contribution in [-0.4, -0.2) is 19.1 Å². The Morgan fingerprint density at radius 2 is 1.69 bits per heavy atom. The zero-order valence-corrected chi connectivity index (χ0v) is 9.78. The van der Waals surface area contributed by atoms with Crippen LogP contribution in [-0.2, 0) is 14.8 Å². The van der Waals surface area contributed by atoms with Crippen LogP contribution in [0.25, 0.3) is 0 Å². The topological polar surface area (TPSA) is 80.5 Å². The van der Waals surface area contributed by atoms with E-state index in [-0.39, 0.29) is 0 Å². The lowest BCUT2D eigenvalue weighted by atomic mass is 10.1. The maximum atomic E-state index is 11.8. The van der Waals surface area contributed by atoms with E-state index in [1.165, 1.54) is 26.0 Å². The Balaban J connectivity index is 2.46. The second-order valence-electron chi connectivity index (χ2n) is 4.18. The van der Waals surface area contributed by atoms with Crippen LogP contribution in [0.1, 0.15) is 13.8 Å². The molecule has 0 bridgehead atoms. The number of rotatable bonds is 1. The summed E-state index contributed by atoms with van der Waals surface area (Å²) in [5.74, 6) is -0.419. The second kappa shape index (κ2) is 2.98. The number of nitrogens with zero attached hydrogens (tertiary/aromatic N) is 1. The molecule has 0 aromatic heterocycles. The largest absolute Gasteiger partial charge is 0.399 e. The van der Waals surface area contributed by atoms with Crippen LogP contribution in [0.15, 0.2) is 24.3 Å². The quantitative estimate of drug-likeness (QED) is 0.733. The normalized spacial score (nSPS) is 21.6. The molecular formula is C10H12N2O3S. The van der Waals surface area contributed by atoms with E-state index in [0.29, 0.717) is 11.4 Å². The summed E-state index contributed by atoms with van der Waals surface area (Å²) in [6, 6.07) is 6.15. The molecule has 1 heterocycles. The minimum Gasteiger partial charge on any atom is -0.399 e. The molecule has 0 radical (unpaired) electrons. The van der Waals surface area contributed by atoms with E-state index < -0.39 is 20.7 Å². The number of carbonyl (C=O) groups excluding carboxylic acids is 1. The minimum atomic E-state index is -3.57. The summed E-state index contributed by atoms with van der Waals surface area (Å²) in [6.45, 7) is 2.80. The average Bonchev–Trinajstić information content (AvgIpc) is 2.20. The standard InChI is InChI=1S/C10H12N2O3S/c1-10(2)9(13)12(16(10,14)15)8-5-3-7(11)4-6-8/h3-6H,11H2,1-2H3. The lowest BCUT2D eigenvalue weighted by molar-refractivity contribution is -0.120. The van der Waals surface area contributed by atoms with E-state index >= 15 is 0 Å². The number of benzene rings is 1. The van der Waals surface area contributed by atoms with Gasteiger partial charge in [-0.2, -0.15) is 0 Å². The van der Waals surface area contributed by atoms with E-state index in [4.69, 9.17) is 5.73 Å². The molecule has 2 rings (SSSR count). The van der Waals surface area contributed by atoms with Crippen molar-refractivity contribution in [2.75, 3.05) is 10.0 Å². The van der Waals surface area contributed by atoms with Crippen LogP contribution in [0, 0.1) is 0 Å². The van der Waals surface area contributed by atoms with Crippen LogP contribution in [0.4, 0.5) is 11.4 Å². The molecule has 1 aliphatic heterocycles. The molecule has 1 aliphatic rings. The molecule has 0 saturated carbocycles. The Labute approximate surface area is 93.9 Å². The van der Waals surface area contributed by atoms with E-state index in [9.17, 15) is 13.2 Å². The van der Waals surface area contributed by atoms with Crippen molar-refractivity contribution in [2.24, 2.45) is 0 Å². The summed E-state index contributed by atoms with van der Waals surface area (Å²) in [4.78, 5) is 11.7. The molecule has 1 amide bonds. The van der Waals surface area contributed by atoms with Crippen LogP contribution in [0.2, 0.25) is 0 Å². The van der Waals surface area contributed by atoms with Gasteiger partial charge in [0.05, 0.1) is 5.69 Å². The SMILES string of the molecule is CC1(C)C(=O)N(c2ccc(N)cc2)S1(=O)=O. The van der Waals surface area contributed by atoms with Gasteiger partial charge in [0, 0.05) is 5.69 Å². The Hall–Kier alpha value is -1.56. The van der Waals surface area contributed by atoms with Gasteiger partial charge < -0.3 is 5.73 Å². The van der Waals surface area contributed by atoms with Gasteiger partial charge in [-0.3, -0.25) is 4.79 Å². The molecule has 1 saturated heterocycles. The Kier molecular flexibility index (Phi) is 2.03. The molecular weight excluding hydrogens is 228 g/mol. The number of hydrogen-bond acceptors (Lipinski definition) is 4. The molecule has 1 aromatic rings. The van der Waals surface area contributed by atoms with Crippen LogP contribution < -0.4 is 10.0 Å². The molecule has 16 heavy (non-hydrogen) atoms. The highest BCUT2D eigenvalue weighted by Crippen LogP contribution is 2.38. The van der Waals surface area contributed by atoms with E-state index in [2.05, 4.69) is 0 Å². The first kappa shape index (κ1) is 10.9. The summed E-state index contributed by atoms with van der Waals surface area (Å²) >= 11 is 0. The van der Waals surface area contributed by atoms with Crippen LogP contribution in [0.3, 0.4) is 0 Å². The number of hydrogen-bond donors (Lipinski definition) is 1. The Morgan fingerprint density at radius 1 is 1.19 bits per heavy atom. The molecule has 2 N–H and O–H groups in total. The first-order chi connectivity index (χ1) is 7.28. The first-order valence-electron chi connectivity index (χ1n) is 4.73. The smallest absolute Gasteiger partial charge is 0.263 e. The lowest BCUT2D eigenvalue weighted by Crippen LogP contribution is -2.67. The summed E-state index contributed by atoms with van der Waals surface area (Å²) < 4.78 is 23.2. The second-order valence-corrected chi connectivity index (χ2v) is 6.51. The van der Waals surface area contributed by atoms with Crippen molar-refractivity contribution in [3.05, 3.63) is 24.3 Å². The molecule has 0 aliphatic carbocycles. The number of anilines is 2. The van der Waals surface area contributed by atoms with Gasteiger partial charge in [-0.25, -0.2) is 12.7 Å². The van der Waals surface area contributed by atoms with Crippen molar-refractivity contribution >= 4 is 27.3 Å². The molecule has 0 spiro atoms. The van der Waals surface area contributed by atoms with Crippen molar-refractivity contribution in [2.45, 2.75) is 18.6 Å². The average molecular weight is 240 g/mol. The zero-order valence-electron chi connectivity index (χ0n) is 8.97. The molecule has 6 heteroatoms. The zero-order chi connectivity index (χ0) is 12.1. The lowest BCUT2D eigenvalue weighted by Gasteiger charge is -2.42. The molecule has 0 unspecified atom stereocenters. The van der Waals surface area contributed by atoms with Crippen molar-refractivity contribution < 1.29 is 13.2 Å². The monoisotopic (exact) mass is 240 g/mol. The minimum absolute atomic E-state index is 0.332. The predicted octanol–water partition coefficient (Wildman–Crippen LogP) is 0.724. The molecule has 5 nitrogen and oxygen atoms in total. The number of amides is 1. The van der Waals surface area contributed by atoms with Crippen molar-refractivity contribution in [3.8, 4) is 0 Å². The Bertz CT molecular complexity index is 546. The van der Waals surface area contributed by atoms with Crippen LogP contribution in [0.5, 0.6) is 0 Å². The third-order valence-electron chi connectivity index (χ3n) is 2.71. The van der Waals surface area contributed by atoms with Gasteiger partial charge in [0.15, 0.2) is 4.75 Å². The van der Waals surface area contributed by atoms with Crippen molar-refractivity contribution in [1.29, 1.82) is 0 Å². The maximum absolute atomic E-state index is 11.8. The number of sulfonamides is 1. The van der Waals surface area contributed by atoms with E-state index in [1.54, 1.807) is 12.1 Å². The molecule has 1 fully saturated rings. The fraction of sp³-hybridized carbons (Fsp3) is 0.300. The molecule has 1 aromatic carbocycles. The highest BCUT2D eigenvalue weighted by molar-refractivity contribution is 7.98. The predicted molar refractivity (Wildman–Crippen MR) is 61.3 cm³/mol. The summed E-state index contributed by atoms with van der Waals surface area (Å²) in [5.41, 5.74) is 6.34. The van der Waals surface area contributed by atoms with Crippen molar-refractivity contribution in [1.82, 2.24) is 0 Å². The van der Waals surface area contributed by atoms with Gasteiger partial charge in [-0.05, 0) is 38.1 Å². The molecule has 0 atom stereocenters. The van der Waals surface area contributed by atoms with Gasteiger partial charge >= 0.3 is 0 Å². The number of carbonyl (C=O) groups is 1. The highest BCUT2D eigenvalue weighted by Gasteiger charge is 2.60. The van der Waals surface area contributed by atoms with Gasteiger partial charge in [0.1, 0.15) is 0 Å². The van der Waals surface area contributed by atoms with Gasteiger partial charge in [0.2, 0.25) is 0 Å². The summed E-state index contributed by atoms with van der Waals surface area (Å²) in [7, 11) is -3.57. The number of nitrogens with two attached hydrogens (primary N) is 1. The van der Waals surface area contributed by atoms with Crippen LogP contribution >= 0.6 is 0 Å². The van der Waals surface area contributed by atoms with Gasteiger partial charge in [0.25, 0.3) is 15.9 Å². The number of nitrogen functional groups attached to an aromatic ring is 1. The summed E-state index contributed by atoms with van der Waals surface area (Å²) in [6.07, 6.45) is 0. The highest BCUT2D eigenvalue weighted by atomic mass is 32.2. The van der Waals surface area contributed by atoms with Gasteiger partial charge in [-0.1, -0.05) is 0 Å². The first-order valence-corrected chi connectivity index (χ1v) is 6.17. The fourth-order valence-electron chi connectivity index (χ4n) is 1.52. The van der Waals surface area contributed by atoms with Crippen molar-refractivity contribution in [3.63, 3.8) is 0 Å². The fourth-order valence-corrected chi connectivity index (χ4v) is 3.00. The third-order valence-corrected chi connectivity index (χ3v) is 5.03. The summed E-state index contributed by atoms with van der Waals surface area (Å²) in [5, 5.41) is 0. The van der Waals surface area contributed by atoms with E-state index in [1.807, 2.05) is 0 Å². The molecule has 86 valence electrons. The maximum Gasteiger partial charge on any atom is 0.263 e. The van der Waals surface area contributed by atoms with Gasteiger partial charge in [-0.15, -0.1) is 0 Å². The van der Waals surface area contributed by atoms with E-state index in [0.717, 1.165) is 4.31 Å². The third kappa shape index (κ3) is 1.16. The Morgan fingerprint density at radius 3 is 2.12 bits per heavy atom.